The lowest BCUT2D eigenvalue weighted by Gasteiger charge is -2.41. The summed E-state index contributed by atoms with van der Waals surface area (Å²) >= 11 is 0. The highest BCUT2D eigenvalue weighted by Gasteiger charge is 2.53. The summed E-state index contributed by atoms with van der Waals surface area (Å²) in [6.07, 6.45) is 2.06. The number of rotatable bonds is 9. The number of likely N-dealkylation sites (N-methyl/N-ethyl adjacent to an activating group) is 1. The van der Waals surface area contributed by atoms with Gasteiger partial charge in [0.05, 0.1) is 53.7 Å². The standard InChI is InChI=1S/C14H28NO8P/c1-5-6-12-7-22-13(9-16,10-21-12)11-23-14(17,24(18,19)20)8-15(2,3)4/h5,12,16-17H,1,6-11H2,2-4H3,(H-,18,19,20)/p+1. The van der Waals surface area contributed by atoms with Gasteiger partial charge in [-0.05, 0) is 6.42 Å². The minimum atomic E-state index is -4.99. The van der Waals surface area contributed by atoms with Crippen LogP contribution in [0.3, 0.4) is 0 Å². The van der Waals surface area contributed by atoms with E-state index in [2.05, 4.69) is 6.58 Å². The van der Waals surface area contributed by atoms with E-state index in [-0.39, 0.29) is 30.3 Å². The van der Waals surface area contributed by atoms with Crippen LogP contribution in [0.1, 0.15) is 6.42 Å². The Morgan fingerprint density at radius 2 is 2.08 bits per heavy atom. The van der Waals surface area contributed by atoms with E-state index < -0.39 is 31.9 Å². The maximum atomic E-state index is 11.7. The van der Waals surface area contributed by atoms with Crippen molar-refractivity contribution < 1.29 is 43.3 Å². The van der Waals surface area contributed by atoms with Crippen LogP contribution in [0.15, 0.2) is 12.7 Å². The molecule has 0 spiro atoms. The molecule has 0 amide bonds. The molecule has 0 aromatic rings. The predicted octanol–water partition coefficient (Wildman–Crippen LogP) is -0.744. The number of ether oxygens (including phenoxy) is 3. The zero-order valence-corrected chi connectivity index (χ0v) is 15.3. The van der Waals surface area contributed by atoms with Crippen LogP contribution >= 0.6 is 7.60 Å². The van der Waals surface area contributed by atoms with E-state index in [0.29, 0.717) is 6.42 Å². The van der Waals surface area contributed by atoms with Crippen LogP contribution in [-0.4, -0.2) is 95.8 Å². The molecule has 0 aliphatic carbocycles. The van der Waals surface area contributed by atoms with Gasteiger partial charge in [0.25, 0.3) is 0 Å². The summed E-state index contributed by atoms with van der Waals surface area (Å²) in [5, 5.41) is 20.0. The highest BCUT2D eigenvalue weighted by atomic mass is 31.2. The third kappa shape index (κ3) is 5.87. The van der Waals surface area contributed by atoms with E-state index in [1.165, 1.54) is 0 Å². The summed E-state index contributed by atoms with van der Waals surface area (Å²) in [5.74, 6) is 0. The lowest BCUT2D eigenvalue weighted by Crippen LogP contribution is -2.57. The van der Waals surface area contributed by atoms with Crippen molar-refractivity contribution in [2.45, 2.75) is 23.7 Å². The third-order valence-electron chi connectivity index (χ3n) is 3.58. The maximum absolute atomic E-state index is 11.7. The Morgan fingerprint density at radius 3 is 2.46 bits per heavy atom. The Bertz CT molecular complexity index is 466. The molecule has 1 fully saturated rings. The van der Waals surface area contributed by atoms with Crippen LogP contribution in [0.2, 0.25) is 0 Å². The molecule has 0 aromatic carbocycles. The average molecular weight is 370 g/mol. The van der Waals surface area contributed by atoms with E-state index in [1.54, 1.807) is 27.2 Å². The summed E-state index contributed by atoms with van der Waals surface area (Å²) in [7, 11) is -0.0126. The van der Waals surface area contributed by atoms with E-state index in [4.69, 9.17) is 14.2 Å². The molecule has 10 heteroatoms. The summed E-state index contributed by atoms with van der Waals surface area (Å²) in [5.41, 5.74) is -3.97. The van der Waals surface area contributed by atoms with Gasteiger partial charge < -0.3 is 38.7 Å². The fourth-order valence-corrected chi connectivity index (χ4v) is 3.10. The molecule has 3 atom stereocenters. The molecule has 1 rings (SSSR count). The van der Waals surface area contributed by atoms with Gasteiger partial charge in [-0.15, -0.1) is 6.58 Å². The molecule has 3 unspecified atom stereocenters. The number of hydrogen-bond acceptors (Lipinski definition) is 6. The van der Waals surface area contributed by atoms with Crippen LogP contribution in [0.25, 0.3) is 0 Å². The Balaban J connectivity index is 2.81. The van der Waals surface area contributed by atoms with Crippen molar-refractivity contribution in [3.63, 3.8) is 0 Å². The highest BCUT2D eigenvalue weighted by molar-refractivity contribution is 7.53. The normalized spacial score (nSPS) is 28.4. The largest absolute Gasteiger partial charge is 0.393 e. The number of quaternary nitrogens is 1. The van der Waals surface area contributed by atoms with Gasteiger partial charge in [-0.3, -0.25) is 4.57 Å². The Labute approximate surface area is 142 Å². The van der Waals surface area contributed by atoms with Crippen molar-refractivity contribution in [1.29, 1.82) is 0 Å². The van der Waals surface area contributed by atoms with Crippen LogP contribution in [-0.2, 0) is 18.8 Å². The highest BCUT2D eigenvalue weighted by Crippen LogP contribution is 2.50. The van der Waals surface area contributed by atoms with Crippen LogP contribution in [0.5, 0.6) is 0 Å². The number of hydrogen-bond donors (Lipinski definition) is 4. The first-order chi connectivity index (χ1) is 10.9. The second-order valence-corrected chi connectivity index (χ2v) is 8.92. The monoisotopic (exact) mass is 370 g/mol. The fraction of sp³-hybridized carbons (Fsp3) is 0.857. The molecule has 9 nitrogen and oxygen atoms in total. The van der Waals surface area contributed by atoms with Crippen molar-refractivity contribution in [1.82, 2.24) is 0 Å². The average Bonchev–Trinajstić information content (AvgIpc) is 2.44. The summed E-state index contributed by atoms with van der Waals surface area (Å²) in [6.45, 7) is 2.52. The van der Waals surface area contributed by atoms with Gasteiger partial charge in [-0.25, -0.2) is 0 Å². The maximum Gasteiger partial charge on any atom is 0.390 e. The SMILES string of the molecule is C=CCC1COC(CO)(COC(O)(C[N+](C)(C)C)P(=O)(O)O)CO1. The van der Waals surface area contributed by atoms with Gasteiger partial charge in [0.1, 0.15) is 12.1 Å². The van der Waals surface area contributed by atoms with Gasteiger partial charge in [0.15, 0.2) is 0 Å². The molecule has 0 radical (unpaired) electrons. The van der Waals surface area contributed by atoms with Gasteiger partial charge >= 0.3 is 13.1 Å². The third-order valence-corrected chi connectivity index (χ3v) is 4.76. The van der Waals surface area contributed by atoms with E-state index in [9.17, 15) is 24.6 Å². The van der Waals surface area contributed by atoms with E-state index >= 15 is 0 Å². The molecule has 0 aromatic heterocycles. The van der Waals surface area contributed by atoms with Crippen LogP contribution in [0.4, 0.5) is 0 Å². The molecule has 142 valence electrons. The topological polar surface area (TPSA) is 126 Å². The first-order valence-corrected chi connectivity index (χ1v) is 9.17. The molecule has 1 heterocycles. The number of aliphatic hydroxyl groups excluding tert-OH is 1. The molecule has 24 heavy (non-hydrogen) atoms. The zero-order valence-electron chi connectivity index (χ0n) is 14.4. The van der Waals surface area contributed by atoms with Crippen molar-refractivity contribution in [2.75, 3.05) is 54.1 Å². The van der Waals surface area contributed by atoms with Crippen LogP contribution in [0, 0.1) is 0 Å². The molecule has 0 bridgehead atoms. The Kier molecular flexibility index (Phi) is 7.14. The molecule has 1 aliphatic rings. The van der Waals surface area contributed by atoms with Crippen molar-refractivity contribution in [3.8, 4) is 0 Å². The predicted molar refractivity (Wildman–Crippen MR) is 86.2 cm³/mol. The van der Waals surface area contributed by atoms with Crippen molar-refractivity contribution in [2.24, 2.45) is 0 Å². The number of aliphatic hydroxyl groups is 2. The Morgan fingerprint density at radius 1 is 1.46 bits per heavy atom. The lowest BCUT2D eigenvalue weighted by molar-refractivity contribution is -0.878. The summed E-state index contributed by atoms with van der Waals surface area (Å²) < 4.78 is 28.1. The molecule has 0 saturated carbocycles. The second-order valence-electron chi connectivity index (χ2n) is 7.13. The van der Waals surface area contributed by atoms with E-state index in [0.717, 1.165) is 0 Å². The zero-order chi connectivity index (χ0) is 18.6. The van der Waals surface area contributed by atoms with Crippen LogP contribution < -0.4 is 0 Å². The Hall–Kier alpha value is -0.350. The van der Waals surface area contributed by atoms with E-state index in [1.807, 2.05) is 0 Å². The minimum Gasteiger partial charge on any atom is -0.393 e. The summed E-state index contributed by atoms with van der Waals surface area (Å²) in [6, 6.07) is 0. The minimum absolute atomic E-state index is 0.0242. The van der Waals surface area contributed by atoms with Crippen molar-refractivity contribution in [3.05, 3.63) is 12.7 Å². The molecule has 4 N–H and O–H groups in total. The van der Waals surface area contributed by atoms with Gasteiger partial charge in [0, 0.05) is 0 Å². The molecular weight excluding hydrogens is 341 g/mol. The summed E-state index contributed by atoms with van der Waals surface area (Å²) in [4.78, 5) is 19.0. The molecule has 1 aliphatic heterocycles. The quantitative estimate of drug-likeness (QED) is 0.181. The van der Waals surface area contributed by atoms with Gasteiger partial charge in [0.2, 0.25) is 0 Å². The first-order valence-electron chi connectivity index (χ1n) is 7.56. The second kappa shape index (κ2) is 7.90. The molecular formula is C14H29NO8P+. The number of nitrogens with zero attached hydrogens (tertiary/aromatic N) is 1. The first kappa shape index (κ1) is 21.7. The van der Waals surface area contributed by atoms with Gasteiger partial charge in [-0.2, -0.15) is 0 Å². The fourth-order valence-electron chi connectivity index (χ4n) is 2.26. The lowest BCUT2D eigenvalue weighted by atomic mass is 10.1. The van der Waals surface area contributed by atoms with Gasteiger partial charge in [-0.1, -0.05) is 6.08 Å². The smallest absolute Gasteiger partial charge is 0.390 e. The van der Waals surface area contributed by atoms with Crippen molar-refractivity contribution >= 4 is 7.60 Å². The molecule has 1 saturated heterocycles.